The first-order valence-electron chi connectivity index (χ1n) is 5.26. The number of halogens is 4. The maximum atomic E-state index is 12.0. The third-order valence-electron chi connectivity index (χ3n) is 2.60. The van der Waals surface area contributed by atoms with E-state index in [0.29, 0.717) is 0 Å². The van der Waals surface area contributed by atoms with E-state index in [1.165, 1.54) is 12.1 Å². The monoisotopic (exact) mass is 357 g/mol. The van der Waals surface area contributed by atoms with Gasteiger partial charge < -0.3 is 9.64 Å². The second-order valence-corrected chi connectivity index (χ2v) is 5.02. The molecule has 0 radical (unpaired) electrons. The van der Waals surface area contributed by atoms with Crippen LogP contribution < -0.4 is 9.64 Å². The van der Waals surface area contributed by atoms with Crippen LogP contribution in [0.5, 0.6) is 5.75 Å². The van der Waals surface area contributed by atoms with E-state index >= 15 is 0 Å². The number of hydrogen-bond donors (Lipinski definition) is 0. The summed E-state index contributed by atoms with van der Waals surface area (Å²) in [5.74, 6) is -0.162. The highest BCUT2D eigenvalue weighted by Gasteiger charge is 2.31. The van der Waals surface area contributed by atoms with Gasteiger partial charge in [0.25, 0.3) is 0 Å². The molecule has 2 nitrogen and oxygen atoms in total. The molecular weight excluding hydrogens is 346 g/mol. The van der Waals surface area contributed by atoms with Gasteiger partial charge in [-0.3, -0.25) is 0 Å². The highest BCUT2D eigenvalue weighted by Crippen LogP contribution is 2.31. The first-order valence-corrected chi connectivity index (χ1v) is 6.34. The van der Waals surface area contributed by atoms with Gasteiger partial charge in [-0.2, -0.15) is 0 Å². The van der Waals surface area contributed by atoms with Gasteiger partial charge in [0.2, 0.25) is 0 Å². The number of rotatable bonds is 2. The average molecular weight is 357 g/mol. The van der Waals surface area contributed by atoms with Crippen LogP contribution in [0.1, 0.15) is 12.8 Å². The minimum absolute atomic E-state index is 0.162. The molecule has 6 heteroatoms. The normalized spacial score (nSPS) is 16.4. The Balaban J connectivity index is 2.16. The van der Waals surface area contributed by atoms with Crippen molar-refractivity contribution in [2.75, 3.05) is 18.0 Å². The van der Waals surface area contributed by atoms with Gasteiger partial charge in [-0.15, -0.1) is 13.2 Å². The molecule has 1 fully saturated rings. The lowest BCUT2D eigenvalue weighted by molar-refractivity contribution is -0.274. The van der Waals surface area contributed by atoms with Gasteiger partial charge in [0.1, 0.15) is 5.75 Å². The van der Waals surface area contributed by atoms with Crippen LogP contribution in [0.3, 0.4) is 0 Å². The maximum Gasteiger partial charge on any atom is 0.573 e. The van der Waals surface area contributed by atoms with E-state index in [1.54, 1.807) is 6.07 Å². The van der Waals surface area contributed by atoms with Gasteiger partial charge in [-0.25, -0.2) is 0 Å². The molecule has 0 N–H and O–H groups in total. The summed E-state index contributed by atoms with van der Waals surface area (Å²) in [6, 6.07) is 4.47. The molecule has 1 aliphatic rings. The van der Waals surface area contributed by atoms with E-state index in [0.717, 1.165) is 35.2 Å². The van der Waals surface area contributed by atoms with E-state index < -0.39 is 6.36 Å². The largest absolute Gasteiger partial charge is 0.573 e. The Hall–Kier alpha value is -0.660. The summed E-state index contributed by atoms with van der Waals surface area (Å²) in [6.45, 7) is 1.94. The van der Waals surface area contributed by atoms with Crippen LogP contribution >= 0.6 is 22.6 Å². The van der Waals surface area contributed by atoms with Crippen molar-refractivity contribution >= 4 is 28.3 Å². The maximum absolute atomic E-state index is 12.0. The smallest absolute Gasteiger partial charge is 0.406 e. The van der Waals surface area contributed by atoms with Crippen LogP contribution in [-0.2, 0) is 0 Å². The van der Waals surface area contributed by atoms with E-state index in [9.17, 15) is 13.2 Å². The Bertz CT molecular complexity index is 402. The summed E-state index contributed by atoms with van der Waals surface area (Å²) in [7, 11) is 0. The topological polar surface area (TPSA) is 12.5 Å². The van der Waals surface area contributed by atoms with Crippen LogP contribution in [0.25, 0.3) is 0 Å². The van der Waals surface area contributed by atoms with Crippen molar-refractivity contribution in [1.29, 1.82) is 0 Å². The average Bonchev–Trinajstić information content (AvgIpc) is 2.68. The molecule has 0 saturated carbocycles. The predicted molar refractivity (Wildman–Crippen MR) is 67.3 cm³/mol. The van der Waals surface area contributed by atoms with Crippen molar-refractivity contribution in [3.8, 4) is 5.75 Å². The molecule has 94 valence electrons. The van der Waals surface area contributed by atoms with Crippen LogP contribution in [-0.4, -0.2) is 19.5 Å². The molecule has 0 spiro atoms. The van der Waals surface area contributed by atoms with Crippen LogP contribution in [0.15, 0.2) is 18.2 Å². The van der Waals surface area contributed by atoms with Gasteiger partial charge in [0, 0.05) is 16.7 Å². The Morgan fingerprint density at radius 2 is 1.82 bits per heavy atom. The fourth-order valence-electron chi connectivity index (χ4n) is 1.90. The standard InChI is InChI=1S/C11H11F3INO/c12-11(13,14)17-8-3-4-10(9(15)7-8)16-5-1-2-6-16/h3-4,7H,1-2,5-6H2. The van der Waals surface area contributed by atoms with Gasteiger partial charge in [-0.1, -0.05) is 0 Å². The van der Waals surface area contributed by atoms with E-state index in [1.807, 2.05) is 22.6 Å². The Kier molecular flexibility index (Phi) is 3.70. The molecule has 1 aromatic rings. The molecule has 1 aromatic carbocycles. The summed E-state index contributed by atoms with van der Waals surface area (Å²) < 4.78 is 40.8. The van der Waals surface area contributed by atoms with E-state index in [4.69, 9.17) is 0 Å². The molecule has 0 amide bonds. The highest BCUT2D eigenvalue weighted by atomic mass is 127. The molecule has 0 aromatic heterocycles. The number of anilines is 1. The number of hydrogen-bond acceptors (Lipinski definition) is 2. The molecule has 0 atom stereocenters. The molecule has 0 bridgehead atoms. The number of alkyl halides is 3. The summed E-state index contributed by atoms with van der Waals surface area (Å²) in [5, 5.41) is 0. The van der Waals surface area contributed by atoms with Crippen LogP contribution in [0.4, 0.5) is 18.9 Å². The van der Waals surface area contributed by atoms with Crippen molar-refractivity contribution < 1.29 is 17.9 Å². The summed E-state index contributed by atoms with van der Waals surface area (Å²) in [6.07, 6.45) is -2.36. The fourth-order valence-corrected chi connectivity index (χ4v) is 2.73. The number of ether oxygens (including phenoxy) is 1. The third-order valence-corrected chi connectivity index (χ3v) is 3.46. The predicted octanol–water partition coefficient (Wildman–Crippen LogP) is 3.79. The van der Waals surface area contributed by atoms with Gasteiger partial charge in [0.15, 0.2) is 0 Å². The van der Waals surface area contributed by atoms with E-state index in [-0.39, 0.29) is 5.75 Å². The Morgan fingerprint density at radius 1 is 1.18 bits per heavy atom. The zero-order valence-electron chi connectivity index (χ0n) is 8.93. The summed E-state index contributed by atoms with van der Waals surface area (Å²) in [4.78, 5) is 2.18. The lowest BCUT2D eigenvalue weighted by atomic mass is 10.3. The lowest BCUT2D eigenvalue weighted by Crippen LogP contribution is -2.20. The molecule has 2 rings (SSSR count). The van der Waals surface area contributed by atoms with Crippen LogP contribution in [0, 0.1) is 3.57 Å². The Morgan fingerprint density at radius 3 is 2.35 bits per heavy atom. The molecule has 0 aliphatic carbocycles. The van der Waals surface area contributed by atoms with Crippen LogP contribution in [0.2, 0.25) is 0 Å². The molecule has 1 saturated heterocycles. The second-order valence-electron chi connectivity index (χ2n) is 3.86. The molecular formula is C11H11F3INO. The van der Waals surface area contributed by atoms with Crippen molar-refractivity contribution in [2.45, 2.75) is 19.2 Å². The highest BCUT2D eigenvalue weighted by molar-refractivity contribution is 14.1. The number of nitrogens with zero attached hydrogens (tertiary/aromatic N) is 1. The zero-order chi connectivity index (χ0) is 12.5. The second kappa shape index (κ2) is 4.91. The summed E-state index contributed by atoms with van der Waals surface area (Å²) in [5.41, 5.74) is 0.984. The lowest BCUT2D eigenvalue weighted by Gasteiger charge is -2.20. The van der Waals surface area contributed by atoms with Crippen molar-refractivity contribution in [3.63, 3.8) is 0 Å². The minimum atomic E-state index is -4.63. The summed E-state index contributed by atoms with van der Waals surface area (Å²) >= 11 is 2.04. The van der Waals surface area contributed by atoms with Crippen molar-refractivity contribution in [2.24, 2.45) is 0 Å². The molecule has 0 unspecified atom stereocenters. The third kappa shape index (κ3) is 3.40. The van der Waals surface area contributed by atoms with Gasteiger partial charge in [0.05, 0.1) is 5.69 Å². The van der Waals surface area contributed by atoms with Gasteiger partial charge in [-0.05, 0) is 53.6 Å². The Labute approximate surface area is 111 Å². The van der Waals surface area contributed by atoms with Gasteiger partial charge >= 0.3 is 6.36 Å². The SMILES string of the molecule is FC(F)(F)Oc1ccc(N2CCCC2)c(I)c1. The first-order chi connectivity index (χ1) is 7.96. The fraction of sp³-hybridized carbons (Fsp3) is 0.455. The van der Waals surface area contributed by atoms with E-state index in [2.05, 4.69) is 9.64 Å². The van der Waals surface area contributed by atoms with Crippen molar-refractivity contribution in [1.82, 2.24) is 0 Å². The minimum Gasteiger partial charge on any atom is -0.406 e. The quantitative estimate of drug-likeness (QED) is 0.747. The number of benzene rings is 1. The van der Waals surface area contributed by atoms with Crippen molar-refractivity contribution in [3.05, 3.63) is 21.8 Å². The molecule has 1 heterocycles. The molecule has 17 heavy (non-hydrogen) atoms. The zero-order valence-corrected chi connectivity index (χ0v) is 11.1. The molecule has 1 aliphatic heterocycles. The first kappa shape index (κ1) is 12.8.